The van der Waals surface area contributed by atoms with Crippen molar-refractivity contribution in [1.29, 1.82) is 0 Å². The molecule has 0 spiro atoms. The van der Waals surface area contributed by atoms with Crippen molar-refractivity contribution >= 4 is 29.2 Å². The van der Waals surface area contributed by atoms with Gasteiger partial charge in [0.05, 0.1) is 13.2 Å². The summed E-state index contributed by atoms with van der Waals surface area (Å²) in [5.74, 6) is 3.19. The molecule has 8 atom stereocenters. The van der Waals surface area contributed by atoms with Crippen LogP contribution < -0.4 is 0 Å². The first-order chi connectivity index (χ1) is 41.6. The summed E-state index contributed by atoms with van der Waals surface area (Å²) in [5, 5.41) is 9.71. The largest absolute Gasteiger partial charge is 0.469 e. The third-order valence-corrected chi connectivity index (χ3v) is 19.4. The van der Waals surface area contributed by atoms with Gasteiger partial charge >= 0.3 is 5.97 Å². The van der Waals surface area contributed by atoms with Gasteiger partial charge in [0.1, 0.15) is 17.3 Å². The number of aliphatic hydroxyl groups is 1. The fourth-order valence-corrected chi connectivity index (χ4v) is 13.3. The molecule has 500 valence electrons. The number of allylic oxidation sites excluding steroid dienone is 12. The van der Waals surface area contributed by atoms with Gasteiger partial charge in [0.15, 0.2) is 5.79 Å². The minimum Gasteiger partial charge on any atom is -0.469 e. The van der Waals surface area contributed by atoms with Crippen LogP contribution in [0.2, 0.25) is 0 Å². The van der Waals surface area contributed by atoms with Gasteiger partial charge < -0.3 is 24.2 Å². The van der Waals surface area contributed by atoms with Gasteiger partial charge in [0.2, 0.25) is 5.91 Å². The summed E-state index contributed by atoms with van der Waals surface area (Å²) in [6.45, 7) is 29.5. The Morgan fingerprint density at radius 2 is 1.03 bits per heavy atom. The topological polar surface area (TPSA) is 137 Å². The number of hydrogen-bond acceptors (Lipinski definition) is 9. The molecule has 10 nitrogen and oxygen atoms in total. The monoisotopic (exact) mass is 1220 g/mol. The number of unbranched alkanes of at least 4 members (excludes halogenated alkanes) is 4. The van der Waals surface area contributed by atoms with E-state index in [1.807, 2.05) is 18.7 Å². The number of methoxy groups -OCH3 is 3. The Kier molecular flexibility index (Phi) is 45.0. The number of ether oxygens (including phenoxy) is 3. The number of amides is 1. The minimum absolute atomic E-state index is 0.0400. The number of Topliss-reactive ketones (excluding diaryl/α,β-unsaturated/α-hetero) is 3. The molecule has 0 aromatic heterocycles. The van der Waals surface area contributed by atoms with Gasteiger partial charge in [-0.1, -0.05) is 136 Å². The minimum atomic E-state index is -0.508. The average molecular weight is 1220 g/mol. The predicted molar refractivity (Wildman–Crippen MR) is 365 cm³/mol. The first-order valence-corrected chi connectivity index (χ1v) is 35.2. The Morgan fingerprint density at radius 3 is 1.46 bits per heavy atom. The van der Waals surface area contributed by atoms with Gasteiger partial charge in [-0.25, -0.2) is 0 Å². The number of nitrogens with zero attached hydrogens (tertiary/aromatic N) is 1. The highest BCUT2D eigenvalue weighted by Crippen LogP contribution is 2.47. The molecule has 8 unspecified atom stereocenters. The van der Waals surface area contributed by atoms with Crippen LogP contribution in [0.1, 0.15) is 302 Å². The smallest absolute Gasteiger partial charge is 0.305 e. The molecule has 0 aromatic rings. The van der Waals surface area contributed by atoms with Gasteiger partial charge in [-0.15, -0.1) is 0 Å². The summed E-state index contributed by atoms with van der Waals surface area (Å²) in [6.07, 6.45) is 47.8. The van der Waals surface area contributed by atoms with E-state index in [4.69, 9.17) is 14.2 Å². The van der Waals surface area contributed by atoms with Crippen molar-refractivity contribution in [3.8, 4) is 0 Å². The van der Waals surface area contributed by atoms with E-state index in [0.717, 1.165) is 167 Å². The molecule has 5 aliphatic rings. The van der Waals surface area contributed by atoms with Crippen molar-refractivity contribution in [3.05, 3.63) is 69.9 Å². The molecule has 5 aliphatic carbocycles. The maximum Gasteiger partial charge on any atom is 0.305 e. The summed E-state index contributed by atoms with van der Waals surface area (Å²) in [5.41, 5.74) is 8.60. The van der Waals surface area contributed by atoms with Crippen molar-refractivity contribution in [2.75, 3.05) is 34.4 Å². The number of carbonyl (C=O) groups is 5. The van der Waals surface area contributed by atoms with E-state index in [2.05, 4.69) is 113 Å². The van der Waals surface area contributed by atoms with Crippen LogP contribution in [-0.2, 0) is 38.2 Å². The number of rotatable bonds is 32. The molecule has 10 heteroatoms. The quantitative estimate of drug-likeness (QED) is 0.0302. The van der Waals surface area contributed by atoms with Crippen molar-refractivity contribution in [3.63, 3.8) is 0 Å². The Morgan fingerprint density at radius 1 is 0.529 bits per heavy atom. The van der Waals surface area contributed by atoms with Crippen LogP contribution in [0.5, 0.6) is 0 Å². The molecule has 0 heterocycles. The Hall–Kier alpha value is -3.73. The first kappa shape index (κ1) is 81.3. The second kappa shape index (κ2) is 48.1. The van der Waals surface area contributed by atoms with Crippen molar-refractivity contribution in [1.82, 2.24) is 4.90 Å². The molecule has 0 bridgehead atoms. The molecule has 0 saturated heterocycles. The molecule has 5 rings (SSSR count). The van der Waals surface area contributed by atoms with E-state index in [-0.39, 0.29) is 29.8 Å². The molecule has 0 radical (unpaired) electrons. The fraction of sp³-hybridized carbons (Fsp3) is 0.779. The summed E-state index contributed by atoms with van der Waals surface area (Å²) in [4.78, 5) is 60.5. The number of carbonyl (C=O) groups excluding carboxylic acids is 5. The highest BCUT2D eigenvalue weighted by atomic mass is 16.7. The van der Waals surface area contributed by atoms with Crippen LogP contribution in [0.15, 0.2) is 69.9 Å². The molecule has 5 fully saturated rings. The molecular formula is C77H133NO9. The standard InChI is InChI=1S/C16H29NO2.C16H26O.C15H28O4.C15H26O.C15H24O/c1-4-7-8-9-14-13(10-11-15(14)18)12-16(19)17(5-2)6-3;1-4-13(2)7-5-8-14(3)11-12-15-9-6-10-16(15)17;1-5-6-7-8-13-12(11-14(16)17-2)9-10-15(13,18-3)19-4;2*1-12(2)6-4-7-13(3)10-11-14-8-5-9-15(14)16/h13-14H,4-12H2,1-3H3;7,11,15H,4-6,8-10,12H2,1-3H3;12-13H,5-11H2,1-4H3;6,10,14-16H,4-5,7-9,11H2,1-3H3;6,10,14H,4-5,7-9,11H2,1-3H3/b;13-7+,14-11+;;2*13-10+. The first-order valence-electron chi connectivity index (χ1n) is 35.2. The van der Waals surface area contributed by atoms with Crippen LogP contribution >= 0.6 is 0 Å². The zero-order valence-electron chi connectivity index (χ0n) is 59.0. The number of hydrogen-bond donors (Lipinski definition) is 1. The Labute approximate surface area is 534 Å². The summed E-state index contributed by atoms with van der Waals surface area (Å²) < 4.78 is 16.1. The fourth-order valence-electron chi connectivity index (χ4n) is 13.3. The highest BCUT2D eigenvalue weighted by molar-refractivity contribution is 5.85. The van der Waals surface area contributed by atoms with Gasteiger partial charge in [0.25, 0.3) is 0 Å². The van der Waals surface area contributed by atoms with Crippen LogP contribution in [0.4, 0.5) is 0 Å². The highest BCUT2D eigenvalue weighted by Gasteiger charge is 2.49. The van der Waals surface area contributed by atoms with Crippen LogP contribution in [0, 0.1) is 41.4 Å². The average Bonchev–Trinajstić information content (AvgIpc) is 3.44. The van der Waals surface area contributed by atoms with Gasteiger partial charge in [-0.05, 0) is 215 Å². The van der Waals surface area contributed by atoms with Crippen molar-refractivity contribution in [2.45, 2.75) is 314 Å². The second-order valence-electron chi connectivity index (χ2n) is 26.8. The van der Waals surface area contributed by atoms with E-state index in [1.165, 1.54) is 79.1 Å². The Bertz CT molecular complexity index is 2130. The van der Waals surface area contributed by atoms with Crippen LogP contribution in [-0.4, -0.2) is 85.5 Å². The third-order valence-electron chi connectivity index (χ3n) is 19.4. The molecular weight excluding hydrogens is 1080 g/mol. The van der Waals surface area contributed by atoms with Gasteiger partial charge in [-0.3, -0.25) is 24.0 Å². The Balaban J connectivity index is 0.000000545. The van der Waals surface area contributed by atoms with Crippen LogP contribution in [0.3, 0.4) is 0 Å². The summed E-state index contributed by atoms with van der Waals surface area (Å²) in [7, 11) is 4.86. The zero-order valence-corrected chi connectivity index (χ0v) is 59.0. The van der Waals surface area contributed by atoms with Crippen molar-refractivity contribution < 1.29 is 43.3 Å². The van der Waals surface area contributed by atoms with E-state index in [0.29, 0.717) is 66.2 Å². The lowest BCUT2D eigenvalue weighted by Gasteiger charge is -2.35. The van der Waals surface area contributed by atoms with E-state index in [9.17, 15) is 29.1 Å². The lowest BCUT2D eigenvalue weighted by Crippen LogP contribution is -2.40. The van der Waals surface area contributed by atoms with Gasteiger partial charge in [0, 0.05) is 89.5 Å². The summed E-state index contributed by atoms with van der Waals surface area (Å²) >= 11 is 0. The maximum atomic E-state index is 12.2. The van der Waals surface area contributed by atoms with Crippen molar-refractivity contribution in [2.24, 2.45) is 41.4 Å². The molecule has 1 N–H and O–H groups in total. The lowest BCUT2D eigenvalue weighted by molar-refractivity contribution is -0.233. The normalized spacial score (nSPS) is 23.6. The molecule has 1 amide bonds. The van der Waals surface area contributed by atoms with E-state index < -0.39 is 5.79 Å². The van der Waals surface area contributed by atoms with Crippen LogP contribution in [0.25, 0.3) is 0 Å². The molecule has 0 aliphatic heterocycles. The third kappa shape index (κ3) is 34.3. The van der Waals surface area contributed by atoms with E-state index in [1.54, 1.807) is 14.2 Å². The second-order valence-corrected chi connectivity index (χ2v) is 26.8. The molecule has 5 saturated carbocycles. The maximum absolute atomic E-state index is 12.2. The lowest BCUT2D eigenvalue weighted by atomic mass is 9.85. The predicted octanol–water partition coefficient (Wildman–Crippen LogP) is 20.1. The zero-order chi connectivity index (χ0) is 65.2. The SMILES string of the molecule is CC(C)=CCC/C(C)=C/CC1CCCC1=O.CC(C)=CCC/C(C)=C/CC1CCCC1O.CC/C(C)=C/CC/C(C)=C/CC1CCCC1=O.CCCCCC1C(=O)CCC1CC(=O)N(CC)CC.CCCCCC1C(CC(=O)OC)CCC1(OC)OC. The number of esters is 1. The molecule has 87 heavy (non-hydrogen) atoms. The van der Waals surface area contributed by atoms with Gasteiger partial charge in [-0.2, -0.15) is 0 Å². The van der Waals surface area contributed by atoms with E-state index >= 15 is 0 Å². The number of ketones is 3. The number of aliphatic hydroxyl groups excluding tert-OH is 1. The molecule has 0 aromatic carbocycles. The summed E-state index contributed by atoms with van der Waals surface area (Å²) in [6, 6.07) is 0.